The van der Waals surface area contributed by atoms with Gasteiger partial charge in [-0.25, -0.2) is 0 Å². The van der Waals surface area contributed by atoms with Gasteiger partial charge in [0.1, 0.15) is 12.2 Å². The van der Waals surface area contributed by atoms with Gasteiger partial charge in [0.25, 0.3) is 0 Å². The van der Waals surface area contributed by atoms with Crippen LogP contribution in [0.15, 0.2) is 12.8 Å². The van der Waals surface area contributed by atoms with Crippen LogP contribution in [-0.4, -0.2) is 63.2 Å². The number of hydrogen-bond acceptors (Lipinski definition) is 6. The fourth-order valence-electron chi connectivity index (χ4n) is 0.981. The molecule has 2 saturated heterocycles. The summed E-state index contributed by atoms with van der Waals surface area (Å²) in [5.74, 6) is 0. The highest BCUT2D eigenvalue weighted by atomic mass is 16.7. The Morgan fingerprint density at radius 2 is 1.80 bits per heavy atom. The van der Waals surface area contributed by atoms with E-state index in [2.05, 4.69) is 16.1 Å². The molecular weight excluding hydrogens is 264 g/mol. The van der Waals surface area contributed by atoms with Crippen LogP contribution < -0.4 is 0 Å². The van der Waals surface area contributed by atoms with E-state index in [1.54, 1.807) is 0 Å². The van der Waals surface area contributed by atoms with Gasteiger partial charge in [-0.1, -0.05) is 6.58 Å². The maximum absolute atomic E-state index is 8.08. The van der Waals surface area contributed by atoms with Crippen molar-refractivity contribution in [3.05, 3.63) is 12.8 Å². The molecule has 0 aromatic heterocycles. The highest BCUT2D eigenvalue weighted by molar-refractivity contribution is 4.67. The third-order valence-electron chi connectivity index (χ3n) is 2.21. The summed E-state index contributed by atoms with van der Waals surface area (Å²) in [7, 11) is 0. The zero-order valence-corrected chi connectivity index (χ0v) is 12.7. The summed E-state index contributed by atoms with van der Waals surface area (Å²) in [6.07, 6.45) is 1.87. The predicted molar refractivity (Wildman–Crippen MR) is 75.4 cm³/mol. The molecule has 0 radical (unpaired) electrons. The first-order valence-electron chi connectivity index (χ1n) is 6.97. The molecule has 2 aliphatic rings. The van der Waals surface area contributed by atoms with E-state index in [9.17, 15) is 0 Å². The predicted octanol–water partition coefficient (Wildman–Crippen LogP) is 1.33. The van der Waals surface area contributed by atoms with Crippen molar-refractivity contribution < 1.29 is 28.8 Å². The molecule has 3 unspecified atom stereocenters. The first-order valence-corrected chi connectivity index (χ1v) is 6.97. The minimum absolute atomic E-state index is 0.0887. The lowest BCUT2D eigenvalue weighted by Crippen LogP contribution is -2.15. The molecule has 2 heterocycles. The second kappa shape index (κ2) is 13.3. The molecule has 0 amide bonds. The van der Waals surface area contributed by atoms with E-state index in [1.165, 1.54) is 6.26 Å². The molecule has 0 saturated carbocycles. The molecule has 1 N–H and O–H groups in total. The van der Waals surface area contributed by atoms with Gasteiger partial charge in [-0.2, -0.15) is 0 Å². The smallest absolute Gasteiger partial charge is 0.154 e. The summed E-state index contributed by atoms with van der Waals surface area (Å²) in [6, 6.07) is 0. The molecule has 20 heavy (non-hydrogen) atoms. The fourth-order valence-corrected chi connectivity index (χ4v) is 0.981. The zero-order chi connectivity index (χ0) is 15.2. The second-order valence-electron chi connectivity index (χ2n) is 4.07. The average molecular weight is 292 g/mol. The first-order chi connectivity index (χ1) is 9.67. The molecule has 0 spiro atoms. The Morgan fingerprint density at radius 3 is 2.05 bits per heavy atom. The van der Waals surface area contributed by atoms with Gasteiger partial charge in [-0.3, -0.25) is 0 Å². The number of aliphatic hydroxyl groups is 1. The first kappa shape index (κ1) is 19.3. The molecule has 2 fully saturated rings. The Morgan fingerprint density at radius 1 is 1.20 bits per heavy atom. The van der Waals surface area contributed by atoms with Crippen LogP contribution in [0.2, 0.25) is 0 Å². The van der Waals surface area contributed by atoms with E-state index in [1.807, 2.05) is 20.8 Å². The SMILES string of the molecule is C=COCC.CCOC(C)OCC1CO1.OCC1CO1. The Kier molecular flexibility index (Phi) is 12.9. The van der Waals surface area contributed by atoms with Crippen LogP contribution >= 0.6 is 0 Å². The molecule has 6 nitrogen and oxygen atoms in total. The summed E-state index contributed by atoms with van der Waals surface area (Å²) in [4.78, 5) is 0. The molecular formula is C14H28O6. The third kappa shape index (κ3) is 15.4. The van der Waals surface area contributed by atoms with E-state index >= 15 is 0 Å². The van der Waals surface area contributed by atoms with Gasteiger partial charge in [0.15, 0.2) is 6.29 Å². The molecule has 0 aromatic rings. The quantitative estimate of drug-likeness (QED) is 0.413. The van der Waals surface area contributed by atoms with Crippen LogP contribution in [-0.2, 0) is 23.7 Å². The molecule has 0 aromatic carbocycles. The topological polar surface area (TPSA) is 73.0 Å². The van der Waals surface area contributed by atoms with Crippen LogP contribution in [0.25, 0.3) is 0 Å². The Bertz CT molecular complexity index is 216. The van der Waals surface area contributed by atoms with Gasteiger partial charge in [0, 0.05) is 6.61 Å². The lowest BCUT2D eigenvalue weighted by molar-refractivity contribution is -0.129. The summed E-state index contributed by atoms with van der Waals surface area (Å²) >= 11 is 0. The molecule has 0 bridgehead atoms. The van der Waals surface area contributed by atoms with Gasteiger partial charge >= 0.3 is 0 Å². The van der Waals surface area contributed by atoms with E-state index in [-0.39, 0.29) is 19.0 Å². The Balaban J connectivity index is 0.000000304. The van der Waals surface area contributed by atoms with Crippen molar-refractivity contribution in [1.82, 2.24) is 0 Å². The lowest BCUT2D eigenvalue weighted by Gasteiger charge is -2.10. The molecule has 2 aliphatic heterocycles. The third-order valence-corrected chi connectivity index (χ3v) is 2.21. The van der Waals surface area contributed by atoms with Gasteiger partial charge in [-0.05, 0) is 20.8 Å². The van der Waals surface area contributed by atoms with Crippen molar-refractivity contribution in [2.24, 2.45) is 0 Å². The number of hydrogen-bond donors (Lipinski definition) is 1. The van der Waals surface area contributed by atoms with Crippen LogP contribution in [0.5, 0.6) is 0 Å². The molecule has 2 rings (SSSR count). The highest BCUT2D eigenvalue weighted by Gasteiger charge is 2.23. The van der Waals surface area contributed by atoms with Gasteiger partial charge in [0.2, 0.25) is 0 Å². The van der Waals surface area contributed by atoms with E-state index < -0.39 is 0 Å². The van der Waals surface area contributed by atoms with Crippen LogP contribution in [0.3, 0.4) is 0 Å². The molecule has 3 atom stereocenters. The van der Waals surface area contributed by atoms with Crippen LogP contribution in [0, 0.1) is 0 Å². The summed E-state index contributed by atoms with van der Waals surface area (Å²) in [5.41, 5.74) is 0. The van der Waals surface area contributed by atoms with Gasteiger partial charge in [-0.15, -0.1) is 0 Å². The monoisotopic (exact) mass is 292 g/mol. The summed E-state index contributed by atoms with van der Waals surface area (Å²) in [6.45, 7) is 13.0. The number of ether oxygens (including phenoxy) is 5. The van der Waals surface area contributed by atoms with Crippen molar-refractivity contribution in [3.63, 3.8) is 0 Å². The van der Waals surface area contributed by atoms with Crippen molar-refractivity contribution in [2.75, 3.05) is 39.6 Å². The zero-order valence-electron chi connectivity index (χ0n) is 12.7. The number of rotatable bonds is 8. The maximum atomic E-state index is 8.08. The van der Waals surface area contributed by atoms with Crippen LogP contribution in [0.1, 0.15) is 20.8 Å². The van der Waals surface area contributed by atoms with E-state index in [0.29, 0.717) is 19.3 Å². The Labute approximate surface area is 121 Å². The van der Waals surface area contributed by atoms with Gasteiger partial charge < -0.3 is 28.8 Å². The maximum Gasteiger partial charge on any atom is 0.154 e. The van der Waals surface area contributed by atoms with E-state index in [0.717, 1.165) is 19.8 Å². The minimum atomic E-state index is -0.0887. The Hall–Kier alpha value is -0.660. The number of epoxide rings is 2. The highest BCUT2D eigenvalue weighted by Crippen LogP contribution is 2.09. The standard InChI is InChI=1S/C7H14O3.C4H8O.C3H6O2/c1-3-8-6(2)9-4-7-5-10-7;1-3-5-4-2;4-1-3-2-5-3/h6-7H,3-5H2,1-2H3;3H,1,4H2,2H3;3-4H,1-2H2. The lowest BCUT2D eigenvalue weighted by atomic mass is 10.5. The van der Waals surface area contributed by atoms with Crippen molar-refractivity contribution in [1.29, 1.82) is 0 Å². The van der Waals surface area contributed by atoms with Crippen molar-refractivity contribution in [2.45, 2.75) is 39.3 Å². The normalized spacial score (nSPS) is 23.4. The van der Waals surface area contributed by atoms with E-state index in [4.69, 9.17) is 19.3 Å². The second-order valence-corrected chi connectivity index (χ2v) is 4.07. The largest absolute Gasteiger partial charge is 0.502 e. The average Bonchev–Trinajstić information content (AvgIpc) is 3.33. The van der Waals surface area contributed by atoms with Crippen LogP contribution in [0.4, 0.5) is 0 Å². The van der Waals surface area contributed by atoms with Crippen molar-refractivity contribution >= 4 is 0 Å². The fraction of sp³-hybridized carbons (Fsp3) is 0.857. The summed E-state index contributed by atoms with van der Waals surface area (Å²) in [5, 5.41) is 8.08. The summed E-state index contributed by atoms with van der Waals surface area (Å²) < 4.78 is 24.6. The minimum Gasteiger partial charge on any atom is -0.502 e. The number of aliphatic hydroxyl groups excluding tert-OH is 1. The molecule has 6 heteroatoms. The van der Waals surface area contributed by atoms with Gasteiger partial charge in [0.05, 0.1) is 39.3 Å². The molecule has 0 aliphatic carbocycles. The molecule has 120 valence electrons. The van der Waals surface area contributed by atoms with Crippen molar-refractivity contribution in [3.8, 4) is 0 Å².